The van der Waals surface area contributed by atoms with Crippen molar-refractivity contribution < 1.29 is 14.3 Å². The Balaban J connectivity index is 1.85. The molecule has 0 bridgehead atoms. The number of likely N-dealkylation sites (N-methyl/N-ethyl adjacent to an activating group) is 1. The molecule has 1 aromatic carbocycles. The van der Waals surface area contributed by atoms with Crippen LogP contribution in [0, 0.1) is 5.92 Å². The molecule has 21 heavy (non-hydrogen) atoms. The summed E-state index contributed by atoms with van der Waals surface area (Å²) >= 11 is 0. The molecular formula is C16H24N2O3. The molecule has 0 unspecified atom stereocenters. The monoisotopic (exact) mass is 292 g/mol. The second kappa shape index (κ2) is 7.31. The summed E-state index contributed by atoms with van der Waals surface area (Å²) in [4.78, 5) is 13.8. The van der Waals surface area contributed by atoms with Crippen molar-refractivity contribution in [2.24, 2.45) is 5.92 Å². The summed E-state index contributed by atoms with van der Waals surface area (Å²) in [6.07, 6.45) is 2.59. The lowest BCUT2D eigenvalue weighted by atomic mass is 10.2. The smallest absolute Gasteiger partial charge is 0.236 e. The number of nitrogens with one attached hydrogen (secondary N) is 1. The minimum Gasteiger partial charge on any atom is -0.493 e. The van der Waals surface area contributed by atoms with E-state index in [0.29, 0.717) is 24.6 Å². The summed E-state index contributed by atoms with van der Waals surface area (Å²) in [5.74, 6) is 2.27. The van der Waals surface area contributed by atoms with Gasteiger partial charge in [0.1, 0.15) is 0 Å². The average Bonchev–Trinajstić information content (AvgIpc) is 3.31. The molecule has 0 aromatic heterocycles. The molecular weight excluding hydrogens is 268 g/mol. The maximum atomic E-state index is 12.0. The zero-order chi connectivity index (χ0) is 15.2. The maximum Gasteiger partial charge on any atom is 0.236 e. The zero-order valence-electron chi connectivity index (χ0n) is 13.0. The van der Waals surface area contributed by atoms with Crippen LogP contribution in [-0.2, 0) is 11.3 Å². The Hall–Kier alpha value is -1.75. The van der Waals surface area contributed by atoms with Gasteiger partial charge >= 0.3 is 0 Å². The lowest BCUT2D eigenvalue weighted by molar-refractivity contribution is -0.129. The van der Waals surface area contributed by atoms with Crippen LogP contribution >= 0.6 is 0 Å². The molecule has 0 heterocycles. The Morgan fingerprint density at radius 3 is 2.62 bits per heavy atom. The van der Waals surface area contributed by atoms with Gasteiger partial charge in [0.2, 0.25) is 5.91 Å². The van der Waals surface area contributed by atoms with Crippen molar-refractivity contribution in [3.63, 3.8) is 0 Å². The van der Waals surface area contributed by atoms with E-state index in [4.69, 9.17) is 9.47 Å². The van der Waals surface area contributed by atoms with Crippen LogP contribution in [0.4, 0.5) is 0 Å². The van der Waals surface area contributed by atoms with Gasteiger partial charge in [0, 0.05) is 13.6 Å². The van der Waals surface area contributed by atoms with E-state index >= 15 is 0 Å². The molecule has 0 radical (unpaired) electrons. The number of carbonyl (C=O) groups excluding carboxylic acids is 1. The summed E-state index contributed by atoms with van der Waals surface area (Å²) in [7, 11) is 5.04. The summed E-state index contributed by atoms with van der Waals surface area (Å²) in [5.41, 5.74) is 1.02. The first-order chi connectivity index (χ1) is 10.1. The van der Waals surface area contributed by atoms with E-state index in [1.807, 2.05) is 25.2 Å². The van der Waals surface area contributed by atoms with E-state index in [1.165, 1.54) is 12.8 Å². The van der Waals surface area contributed by atoms with Gasteiger partial charge in [-0.3, -0.25) is 4.79 Å². The Bertz CT molecular complexity index is 486. The highest BCUT2D eigenvalue weighted by atomic mass is 16.5. The Labute approximate surface area is 126 Å². The van der Waals surface area contributed by atoms with Crippen molar-refractivity contribution in [2.45, 2.75) is 19.4 Å². The molecule has 1 aliphatic carbocycles. The van der Waals surface area contributed by atoms with Crippen LogP contribution in [0.5, 0.6) is 11.5 Å². The van der Waals surface area contributed by atoms with Gasteiger partial charge in [0.15, 0.2) is 11.5 Å². The standard InChI is InChI=1S/C16H24N2O3/c1-18(16(19)10-17-9-12-4-5-12)11-13-6-7-14(20-2)15(8-13)21-3/h6-8,12,17H,4-5,9-11H2,1-3H3. The number of amides is 1. The van der Waals surface area contributed by atoms with E-state index < -0.39 is 0 Å². The third kappa shape index (κ3) is 4.63. The van der Waals surface area contributed by atoms with E-state index in [9.17, 15) is 4.79 Å². The van der Waals surface area contributed by atoms with Crippen molar-refractivity contribution in [3.05, 3.63) is 23.8 Å². The summed E-state index contributed by atoms with van der Waals surface area (Å²) in [6.45, 7) is 1.92. The minimum absolute atomic E-state index is 0.102. The topological polar surface area (TPSA) is 50.8 Å². The van der Waals surface area contributed by atoms with E-state index in [1.54, 1.807) is 19.1 Å². The van der Waals surface area contributed by atoms with Gasteiger partial charge in [-0.15, -0.1) is 0 Å². The molecule has 1 saturated carbocycles. The van der Waals surface area contributed by atoms with Crippen LogP contribution < -0.4 is 14.8 Å². The number of benzene rings is 1. The molecule has 0 spiro atoms. The highest BCUT2D eigenvalue weighted by Gasteiger charge is 2.21. The normalized spacial score (nSPS) is 13.9. The number of ether oxygens (including phenoxy) is 2. The first kappa shape index (κ1) is 15.6. The Kier molecular flexibility index (Phi) is 5.44. The van der Waals surface area contributed by atoms with E-state index in [0.717, 1.165) is 18.0 Å². The van der Waals surface area contributed by atoms with Crippen molar-refractivity contribution in [2.75, 3.05) is 34.4 Å². The molecule has 0 saturated heterocycles. The van der Waals surface area contributed by atoms with Crippen molar-refractivity contribution in [3.8, 4) is 11.5 Å². The van der Waals surface area contributed by atoms with E-state index in [-0.39, 0.29) is 5.91 Å². The van der Waals surface area contributed by atoms with Gasteiger partial charge in [-0.05, 0) is 43.0 Å². The third-order valence-corrected chi connectivity index (χ3v) is 3.70. The lowest BCUT2D eigenvalue weighted by Gasteiger charge is -2.18. The van der Waals surface area contributed by atoms with Crippen molar-refractivity contribution >= 4 is 5.91 Å². The molecule has 5 heteroatoms. The predicted molar refractivity (Wildman–Crippen MR) is 81.6 cm³/mol. The number of rotatable bonds is 8. The second-order valence-electron chi connectivity index (χ2n) is 5.51. The number of nitrogens with zero attached hydrogens (tertiary/aromatic N) is 1. The number of hydrogen-bond acceptors (Lipinski definition) is 4. The van der Waals surface area contributed by atoms with Gasteiger partial charge in [0.05, 0.1) is 20.8 Å². The quantitative estimate of drug-likeness (QED) is 0.792. The SMILES string of the molecule is COc1ccc(CN(C)C(=O)CNCC2CC2)cc1OC. The van der Waals surface area contributed by atoms with Crippen LogP contribution in [0.15, 0.2) is 18.2 Å². The molecule has 1 aromatic rings. The van der Waals surface area contributed by atoms with Crippen LogP contribution in [-0.4, -0.2) is 45.2 Å². The molecule has 0 atom stereocenters. The lowest BCUT2D eigenvalue weighted by Crippen LogP contribution is -2.35. The number of methoxy groups -OCH3 is 2. The molecule has 5 nitrogen and oxygen atoms in total. The average molecular weight is 292 g/mol. The summed E-state index contributed by atoms with van der Waals surface area (Å²) < 4.78 is 10.5. The van der Waals surface area contributed by atoms with Gasteiger partial charge in [-0.2, -0.15) is 0 Å². The Morgan fingerprint density at radius 1 is 1.29 bits per heavy atom. The van der Waals surface area contributed by atoms with Crippen molar-refractivity contribution in [1.29, 1.82) is 0 Å². The first-order valence-electron chi connectivity index (χ1n) is 7.29. The number of carbonyl (C=O) groups is 1. The van der Waals surface area contributed by atoms with Crippen LogP contribution in [0.25, 0.3) is 0 Å². The molecule has 0 aliphatic heterocycles. The fourth-order valence-electron chi connectivity index (χ4n) is 2.18. The van der Waals surface area contributed by atoms with E-state index in [2.05, 4.69) is 5.32 Å². The van der Waals surface area contributed by atoms with Crippen LogP contribution in [0.2, 0.25) is 0 Å². The van der Waals surface area contributed by atoms with Crippen LogP contribution in [0.1, 0.15) is 18.4 Å². The van der Waals surface area contributed by atoms with Gasteiger partial charge in [0.25, 0.3) is 0 Å². The summed E-state index contributed by atoms with van der Waals surface area (Å²) in [5, 5.41) is 3.22. The summed E-state index contributed by atoms with van der Waals surface area (Å²) in [6, 6.07) is 5.71. The highest BCUT2D eigenvalue weighted by molar-refractivity contribution is 5.78. The highest BCUT2D eigenvalue weighted by Crippen LogP contribution is 2.28. The third-order valence-electron chi connectivity index (χ3n) is 3.70. The van der Waals surface area contributed by atoms with Gasteiger partial charge in [-0.25, -0.2) is 0 Å². The largest absolute Gasteiger partial charge is 0.493 e. The number of hydrogen-bond donors (Lipinski definition) is 1. The molecule has 1 amide bonds. The first-order valence-corrected chi connectivity index (χ1v) is 7.29. The maximum absolute atomic E-state index is 12.0. The minimum atomic E-state index is 0.102. The molecule has 1 fully saturated rings. The Morgan fingerprint density at radius 2 is 2.00 bits per heavy atom. The molecule has 2 rings (SSSR count). The molecule has 1 aliphatic rings. The second-order valence-corrected chi connectivity index (χ2v) is 5.51. The fraction of sp³-hybridized carbons (Fsp3) is 0.562. The molecule has 116 valence electrons. The fourth-order valence-corrected chi connectivity index (χ4v) is 2.18. The molecule has 1 N–H and O–H groups in total. The van der Waals surface area contributed by atoms with Gasteiger partial charge < -0.3 is 19.7 Å². The van der Waals surface area contributed by atoms with Crippen molar-refractivity contribution in [1.82, 2.24) is 10.2 Å². The predicted octanol–water partition coefficient (Wildman–Crippen LogP) is 1.66. The van der Waals surface area contributed by atoms with Gasteiger partial charge in [-0.1, -0.05) is 6.07 Å². The zero-order valence-corrected chi connectivity index (χ0v) is 13.0. The van der Waals surface area contributed by atoms with Crippen LogP contribution in [0.3, 0.4) is 0 Å².